The molecule has 25 heavy (non-hydrogen) atoms. The molecule has 0 aromatic carbocycles. The Morgan fingerprint density at radius 1 is 1.32 bits per heavy atom. The Hall–Kier alpha value is -2.94. The second-order valence-electron chi connectivity index (χ2n) is 6.96. The summed E-state index contributed by atoms with van der Waals surface area (Å²) >= 11 is 0. The van der Waals surface area contributed by atoms with Gasteiger partial charge >= 0.3 is 0 Å². The second kappa shape index (κ2) is 5.28. The zero-order valence-electron chi connectivity index (χ0n) is 13.7. The lowest BCUT2D eigenvalue weighted by molar-refractivity contribution is 0.103. The summed E-state index contributed by atoms with van der Waals surface area (Å²) in [6.45, 7) is 0. The summed E-state index contributed by atoms with van der Waals surface area (Å²) in [6, 6.07) is 4.29. The van der Waals surface area contributed by atoms with Gasteiger partial charge in [-0.1, -0.05) is 12.8 Å². The molecule has 1 N–H and O–H groups in total. The minimum atomic E-state index is -0.0670. The lowest BCUT2D eigenvalue weighted by Crippen LogP contribution is -2.18. The summed E-state index contributed by atoms with van der Waals surface area (Å²) in [4.78, 5) is 20.3. The number of nitriles is 1. The normalized spacial score (nSPS) is 17.6. The van der Waals surface area contributed by atoms with E-state index >= 15 is 0 Å². The zero-order valence-corrected chi connectivity index (χ0v) is 13.7. The van der Waals surface area contributed by atoms with Gasteiger partial charge in [0.2, 0.25) is 5.78 Å². The van der Waals surface area contributed by atoms with Gasteiger partial charge in [0, 0.05) is 29.5 Å². The highest BCUT2D eigenvalue weighted by molar-refractivity contribution is 6.24. The highest BCUT2D eigenvalue weighted by Gasteiger charge is 2.33. The zero-order chi connectivity index (χ0) is 17.0. The van der Waals surface area contributed by atoms with E-state index in [1.807, 2.05) is 16.9 Å². The predicted molar refractivity (Wildman–Crippen MR) is 92.0 cm³/mol. The fourth-order valence-electron chi connectivity index (χ4n) is 4.43. The molecule has 0 bridgehead atoms. The quantitative estimate of drug-likeness (QED) is 0.621. The maximum atomic E-state index is 12.9. The number of fused-ring (bicyclic) bond motifs is 2. The molecule has 5 rings (SSSR count). The second-order valence-corrected chi connectivity index (χ2v) is 6.96. The van der Waals surface area contributed by atoms with Gasteiger partial charge in [-0.25, -0.2) is 4.98 Å². The van der Waals surface area contributed by atoms with Crippen LogP contribution in [0.1, 0.15) is 54.2 Å². The third-order valence-corrected chi connectivity index (χ3v) is 5.64. The molecule has 6 heteroatoms. The molecule has 0 amide bonds. The van der Waals surface area contributed by atoms with E-state index in [0.29, 0.717) is 23.6 Å². The number of rotatable bonds is 3. The Kier molecular flexibility index (Phi) is 3.04. The van der Waals surface area contributed by atoms with Crippen molar-refractivity contribution in [3.63, 3.8) is 0 Å². The molecular formula is C19H17N5O. The Balaban J connectivity index is 1.67. The van der Waals surface area contributed by atoms with Crippen LogP contribution in [0.25, 0.3) is 22.2 Å². The fraction of sp³-hybridized carbons (Fsp3) is 0.368. The average Bonchev–Trinajstić information content (AvgIpc) is 3.37. The van der Waals surface area contributed by atoms with E-state index < -0.39 is 0 Å². The van der Waals surface area contributed by atoms with Crippen LogP contribution in [0.2, 0.25) is 0 Å². The molecule has 0 aliphatic heterocycles. The van der Waals surface area contributed by atoms with Crippen LogP contribution in [0.3, 0.4) is 0 Å². The van der Waals surface area contributed by atoms with Gasteiger partial charge < -0.3 is 4.98 Å². The number of carbonyl (C=O) groups excluding carboxylic acids is 1. The van der Waals surface area contributed by atoms with Gasteiger partial charge in [-0.3, -0.25) is 9.48 Å². The van der Waals surface area contributed by atoms with Gasteiger partial charge in [-0.15, -0.1) is 0 Å². The van der Waals surface area contributed by atoms with Crippen molar-refractivity contribution in [2.45, 2.75) is 38.1 Å². The van der Waals surface area contributed by atoms with Crippen molar-refractivity contribution in [3.8, 4) is 17.2 Å². The van der Waals surface area contributed by atoms with Crippen molar-refractivity contribution in [2.24, 2.45) is 5.92 Å². The Labute approximate surface area is 144 Å². The van der Waals surface area contributed by atoms with Crippen LogP contribution in [0.5, 0.6) is 0 Å². The Bertz CT molecular complexity index is 1030. The molecule has 124 valence electrons. The molecule has 3 heterocycles. The maximum absolute atomic E-state index is 12.9. The molecule has 3 aromatic heterocycles. The van der Waals surface area contributed by atoms with Crippen molar-refractivity contribution in [3.05, 3.63) is 35.9 Å². The molecule has 0 saturated heterocycles. The molecule has 2 aliphatic rings. The lowest BCUT2D eigenvalue weighted by Gasteiger charge is -2.21. The third kappa shape index (κ3) is 1.99. The van der Waals surface area contributed by atoms with Crippen LogP contribution in [-0.2, 0) is 0 Å². The number of H-pyrrole nitrogens is 1. The van der Waals surface area contributed by atoms with Gasteiger partial charge in [-0.2, -0.15) is 10.4 Å². The summed E-state index contributed by atoms with van der Waals surface area (Å²) in [5.74, 6) is 0.399. The van der Waals surface area contributed by atoms with Crippen molar-refractivity contribution >= 4 is 16.8 Å². The first-order chi connectivity index (χ1) is 12.3. The number of ketones is 1. The van der Waals surface area contributed by atoms with Crippen LogP contribution in [0, 0.1) is 17.2 Å². The first-order valence-electron chi connectivity index (χ1n) is 8.75. The summed E-state index contributed by atoms with van der Waals surface area (Å²) in [5, 5.41) is 14.8. The van der Waals surface area contributed by atoms with E-state index in [0.717, 1.165) is 35.0 Å². The molecule has 1 atom stereocenters. The van der Waals surface area contributed by atoms with Crippen molar-refractivity contribution in [1.82, 2.24) is 19.7 Å². The molecule has 1 fully saturated rings. The van der Waals surface area contributed by atoms with E-state index in [4.69, 9.17) is 0 Å². The van der Waals surface area contributed by atoms with Crippen LogP contribution in [0.15, 0.2) is 24.7 Å². The number of aromatic nitrogens is 4. The monoisotopic (exact) mass is 331 g/mol. The topological polar surface area (TPSA) is 87.4 Å². The van der Waals surface area contributed by atoms with Gasteiger partial charge in [0.05, 0.1) is 24.1 Å². The number of hydrogen-bond acceptors (Lipinski definition) is 4. The SMILES string of the molecule is N#CC[C@@H](C1CCCC1)n1cc2c(n1)C(=O)c1c[nH]c3nccc-2c13. The number of aromatic amines is 1. The molecule has 0 radical (unpaired) electrons. The molecule has 3 aromatic rings. The van der Waals surface area contributed by atoms with E-state index in [1.165, 1.54) is 12.8 Å². The summed E-state index contributed by atoms with van der Waals surface area (Å²) in [7, 11) is 0. The Morgan fingerprint density at radius 2 is 2.16 bits per heavy atom. The number of nitrogens with one attached hydrogen (secondary N) is 1. The first kappa shape index (κ1) is 14.4. The number of hydrogen-bond donors (Lipinski definition) is 1. The predicted octanol–water partition coefficient (Wildman–Crippen LogP) is 3.62. The average molecular weight is 331 g/mol. The molecule has 6 nitrogen and oxygen atoms in total. The number of nitrogens with zero attached hydrogens (tertiary/aromatic N) is 4. The lowest BCUT2D eigenvalue weighted by atomic mass is 9.92. The largest absolute Gasteiger partial charge is 0.345 e. The molecule has 0 unspecified atom stereocenters. The van der Waals surface area contributed by atoms with Crippen LogP contribution in [-0.4, -0.2) is 25.5 Å². The van der Waals surface area contributed by atoms with Crippen molar-refractivity contribution < 1.29 is 4.79 Å². The van der Waals surface area contributed by atoms with Gasteiger partial charge in [0.1, 0.15) is 11.3 Å². The van der Waals surface area contributed by atoms with Crippen LogP contribution in [0.4, 0.5) is 0 Å². The molecule has 2 aliphatic carbocycles. The minimum Gasteiger partial charge on any atom is -0.345 e. The summed E-state index contributed by atoms with van der Waals surface area (Å²) in [5.41, 5.74) is 3.69. The van der Waals surface area contributed by atoms with Gasteiger partial charge in [0.15, 0.2) is 0 Å². The molecule has 1 saturated carbocycles. The standard InChI is InChI=1S/C19H17N5O/c20-7-5-15(11-3-1-2-4-11)24-10-14-12-6-8-21-19-16(12)13(9-22-19)18(25)17(14)23-24/h6,8-11,15H,1-5H2,(H,21,22)/t15-/m0/s1. The summed E-state index contributed by atoms with van der Waals surface area (Å²) in [6.07, 6.45) is 10.5. The van der Waals surface area contributed by atoms with Crippen molar-refractivity contribution in [1.29, 1.82) is 5.26 Å². The maximum Gasteiger partial charge on any atom is 0.216 e. The van der Waals surface area contributed by atoms with E-state index in [9.17, 15) is 10.1 Å². The van der Waals surface area contributed by atoms with E-state index in [1.54, 1.807) is 12.4 Å². The van der Waals surface area contributed by atoms with E-state index in [2.05, 4.69) is 21.1 Å². The van der Waals surface area contributed by atoms with Crippen LogP contribution >= 0.6 is 0 Å². The Morgan fingerprint density at radius 3 is 2.96 bits per heavy atom. The highest BCUT2D eigenvalue weighted by Crippen LogP contribution is 2.41. The van der Waals surface area contributed by atoms with Gasteiger partial charge in [-0.05, 0) is 30.4 Å². The molecular weight excluding hydrogens is 314 g/mol. The summed E-state index contributed by atoms with van der Waals surface area (Å²) < 4.78 is 1.88. The van der Waals surface area contributed by atoms with Crippen LogP contribution < -0.4 is 0 Å². The first-order valence-corrected chi connectivity index (χ1v) is 8.75. The number of carbonyl (C=O) groups is 1. The van der Waals surface area contributed by atoms with E-state index in [-0.39, 0.29) is 11.8 Å². The number of pyridine rings is 1. The molecule has 0 spiro atoms. The van der Waals surface area contributed by atoms with Crippen molar-refractivity contribution in [2.75, 3.05) is 0 Å². The smallest absolute Gasteiger partial charge is 0.216 e. The third-order valence-electron chi connectivity index (χ3n) is 5.64. The minimum absolute atomic E-state index is 0.0455. The fourth-order valence-corrected chi connectivity index (χ4v) is 4.43. The van der Waals surface area contributed by atoms with Gasteiger partial charge in [0.25, 0.3) is 0 Å². The highest BCUT2D eigenvalue weighted by atomic mass is 16.1.